The highest BCUT2D eigenvalue weighted by molar-refractivity contribution is 5.27. The van der Waals surface area contributed by atoms with Crippen molar-refractivity contribution in [3.05, 3.63) is 35.6 Å². The van der Waals surface area contributed by atoms with Crippen molar-refractivity contribution in [3.63, 3.8) is 0 Å². The van der Waals surface area contributed by atoms with Gasteiger partial charge in [-0.3, -0.25) is 0 Å². The Morgan fingerprint density at radius 1 is 1.46 bits per heavy atom. The first-order chi connectivity index (χ1) is 6.33. The second-order valence-corrected chi connectivity index (χ2v) is 3.68. The van der Waals surface area contributed by atoms with E-state index in [1.54, 1.807) is 12.1 Å². The van der Waals surface area contributed by atoms with Crippen LogP contribution in [-0.4, -0.2) is 13.6 Å². The monoisotopic (exact) mass is 179 g/mol. The van der Waals surface area contributed by atoms with Gasteiger partial charge in [0.2, 0.25) is 0 Å². The highest BCUT2D eigenvalue weighted by atomic mass is 19.1. The van der Waals surface area contributed by atoms with Gasteiger partial charge < -0.3 is 5.32 Å². The average Bonchev–Trinajstić information content (AvgIpc) is 2.86. The zero-order valence-electron chi connectivity index (χ0n) is 7.76. The van der Waals surface area contributed by atoms with E-state index >= 15 is 0 Å². The molecule has 0 unspecified atom stereocenters. The molecule has 13 heavy (non-hydrogen) atoms. The highest BCUT2D eigenvalue weighted by Gasteiger charge is 2.38. The summed E-state index contributed by atoms with van der Waals surface area (Å²) in [6.45, 7) is 0.999. The summed E-state index contributed by atoms with van der Waals surface area (Å²) in [4.78, 5) is 0. The van der Waals surface area contributed by atoms with Crippen molar-refractivity contribution in [1.29, 1.82) is 0 Å². The van der Waals surface area contributed by atoms with E-state index < -0.39 is 0 Å². The number of rotatable bonds is 3. The van der Waals surface area contributed by atoms with Crippen LogP contribution in [0.1, 0.15) is 17.9 Å². The van der Waals surface area contributed by atoms with Gasteiger partial charge in [0, 0.05) is 0 Å². The molecule has 2 atom stereocenters. The molecule has 1 aromatic rings. The summed E-state index contributed by atoms with van der Waals surface area (Å²) in [5, 5.41) is 3.13. The molecule has 0 spiro atoms. The molecule has 0 aromatic heterocycles. The van der Waals surface area contributed by atoms with Crippen LogP contribution in [0.5, 0.6) is 0 Å². The summed E-state index contributed by atoms with van der Waals surface area (Å²) < 4.78 is 13.3. The molecule has 1 nitrogen and oxygen atoms in total. The molecule has 0 heterocycles. The second-order valence-electron chi connectivity index (χ2n) is 3.68. The smallest absolute Gasteiger partial charge is 0.126 e. The first kappa shape index (κ1) is 8.70. The van der Waals surface area contributed by atoms with Crippen molar-refractivity contribution < 1.29 is 4.39 Å². The number of nitrogens with one attached hydrogen (secondary N) is 1. The Labute approximate surface area is 78.0 Å². The van der Waals surface area contributed by atoms with Crippen molar-refractivity contribution >= 4 is 0 Å². The van der Waals surface area contributed by atoms with Gasteiger partial charge in [-0.15, -0.1) is 0 Å². The largest absolute Gasteiger partial charge is 0.319 e. The van der Waals surface area contributed by atoms with Gasteiger partial charge >= 0.3 is 0 Å². The van der Waals surface area contributed by atoms with Gasteiger partial charge in [0.05, 0.1) is 0 Å². The maximum Gasteiger partial charge on any atom is 0.126 e. The molecule has 2 rings (SSSR count). The topological polar surface area (TPSA) is 12.0 Å². The minimum absolute atomic E-state index is 0.0499. The lowest BCUT2D eigenvalue weighted by molar-refractivity contribution is 0.602. The minimum Gasteiger partial charge on any atom is -0.319 e. The van der Waals surface area contributed by atoms with E-state index in [0.29, 0.717) is 11.8 Å². The van der Waals surface area contributed by atoms with Crippen LogP contribution in [0.4, 0.5) is 4.39 Å². The molecule has 1 saturated carbocycles. The van der Waals surface area contributed by atoms with Crippen LogP contribution in [-0.2, 0) is 0 Å². The van der Waals surface area contributed by atoms with Gasteiger partial charge in [-0.2, -0.15) is 0 Å². The Balaban J connectivity index is 2.07. The maximum atomic E-state index is 13.3. The molecule has 1 N–H and O–H groups in total. The second kappa shape index (κ2) is 3.46. The molecule has 1 fully saturated rings. The van der Waals surface area contributed by atoms with Crippen LogP contribution in [0.25, 0.3) is 0 Å². The van der Waals surface area contributed by atoms with Gasteiger partial charge in [-0.25, -0.2) is 4.39 Å². The van der Waals surface area contributed by atoms with Crippen molar-refractivity contribution in [2.45, 2.75) is 12.3 Å². The molecular weight excluding hydrogens is 165 g/mol. The van der Waals surface area contributed by atoms with Crippen LogP contribution >= 0.6 is 0 Å². The predicted molar refractivity (Wildman–Crippen MR) is 51.2 cm³/mol. The van der Waals surface area contributed by atoms with Gasteiger partial charge in [-0.05, 0) is 43.5 Å². The van der Waals surface area contributed by atoms with Crippen molar-refractivity contribution in [1.82, 2.24) is 5.32 Å². The molecular formula is C11H14FN. The third-order valence-electron chi connectivity index (χ3n) is 2.69. The maximum absolute atomic E-state index is 13.3. The van der Waals surface area contributed by atoms with Gasteiger partial charge in [0.25, 0.3) is 0 Å². The van der Waals surface area contributed by atoms with Gasteiger partial charge in [0.1, 0.15) is 5.82 Å². The molecule has 0 saturated heterocycles. The summed E-state index contributed by atoms with van der Waals surface area (Å²) in [5.41, 5.74) is 0.891. The zero-order valence-corrected chi connectivity index (χ0v) is 7.76. The molecule has 1 aromatic carbocycles. The Morgan fingerprint density at radius 2 is 2.23 bits per heavy atom. The lowest BCUT2D eigenvalue weighted by Crippen LogP contribution is -2.10. The molecule has 2 heteroatoms. The van der Waals surface area contributed by atoms with Gasteiger partial charge in [-0.1, -0.05) is 18.2 Å². The zero-order chi connectivity index (χ0) is 9.26. The first-order valence-electron chi connectivity index (χ1n) is 4.72. The third kappa shape index (κ3) is 1.73. The van der Waals surface area contributed by atoms with Gasteiger partial charge in [0.15, 0.2) is 0 Å². The summed E-state index contributed by atoms with van der Waals surface area (Å²) in [7, 11) is 1.94. The van der Waals surface area contributed by atoms with E-state index in [-0.39, 0.29) is 5.82 Å². The van der Waals surface area contributed by atoms with Crippen LogP contribution in [0.15, 0.2) is 24.3 Å². The SMILES string of the molecule is CNC[C@H]1C[C@@H]1c1ccccc1F. The first-order valence-corrected chi connectivity index (χ1v) is 4.72. The standard InChI is InChI=1S/C11H14FN/c1-13-7-8-6-10(8)9-4-2-3-5-11(9)12/h2-5,8,10,13H,6-7H2,1H3/t8-,10+/m1/s1. The summed E-state index contributed by atoms with van der Waals surface area (Å²) >= 11 is 0. The van der Waals surface area contributed by atoms with E-state index in [2.05, 4.69) is 5.32 Å². The van der Waals surface area contributed by atoms with E-state index in [9.17, 15) is 4.39 Å². The Hall–Kier alpha value is -0.890. The fourth-order valence-corrected chi connectivity index (χ4v) is 1.89. The number of benzene rings is 1. The predicted octanol–water partition coefficient (Wildman–Crippen LogP) is 2.15. The molecule has 0 aliphatic heterocycles. The fraction of sp³-hybridized carbons (Fsp3) is 0.455. The fourth-order valence-electron chi connectivity index (χ4n) is 1.89. The van der Waals surface area contributed by atoms with E-state index in [1.807, 2.05) is 19.2 Å². The van der Waals surface area contributed by atoms with Crippen molar-refractivity contribution in [3.8, 4) is 0 Å². The molecule has 0 amide bonds. The minimum atomic E-state index is -0.0499. The van der Waals surface area contributed by atoms with Crippen LogP contribution in [0, 0.1) is 11.7 Å². The Kier molecular flexibility index (Phi) is 2.32. The summed E-state index contributed by atoms with van der Waals surface area (Å²) in [6, 6.07) is 7.10. The van der Waals surface area contributed by atoms with Crippen LogP contribution in [0.2, 0.25) is 0 Å². The normalized spacial score (nSPS) is 26.0. The van der Waals surface area contributed by atoms with Crippen LogP contribution < -0.4 is 5.32 Å². The Morgan fingerprint density at radius 3 is 2.92 bits per heavy atom. The van der Waals surface area contributed by atoms with Crippen molar-refractivity contribution in [2.75, 3.05) is 13.6 Å². The molecule has 0 bridgehead atoms. The Bertz CT molecular complexity index is 298. The summed E-state index contributed by atoms with van der Waals surface area (Å²) in [5.74, 6) is 1.04. The van der Waals surface area contributed by atoms with E-state index in [4.69, 9.17) is 0 Å². The molecule has 1 aliphatic rings. The van der Waals surface area contributed by atoms with Crippen LogP contribution in [0.3, 0.4) is 0 Å². The summed E-state index contributed by atoms with van der Waals surface area (Å²) in [6.07, 6.45) is 1.13. The number of halogens is 1. The number of hydrogen-bond donors (Lipinski definition) is 1. The highest BCUT2D eigenvalue weighted by Crippen LogP contribution is 2.47. The molecule has 70 valence electrons. The lowest BCUT2D eigenvalue weighted by Gasteiger charge is -2.01. The van der Waals surface area contributed by atoms with Crippen molar-refractivity contribution in [2.24, 2.45) is 5.92 Å². The quantitative estimate of drug-likeness (QED) is 0.749. The molecule has 0 radical (unpaired) electrons. The average molecular weight is 179 g/mol. The third-order valence-corrected chi connectivity index (χ3v) is 2.69. The van der Waals surface area contributed by atoms with E-state index in [1.165, 1.54) is 0 Å². The molecule has 1 aliphatic carbocycles. The van der Waals surface area contributed by atoms with E-state index in [0.717, 1.165) is 18.5 Å². The lowest BCUT2D eigenvalue weighted by atomic mass is 10.1. The number of hydrogen-bond acceptors (Lipinski definition) is 1.